The Morgan fingerprint density at radius 1 is 1.21 bits per heavy atom. The Morgan fingerprint density at radius 3 is 2.66 bits per heavy atom. The molecule has 0 atom stereocenters. The maximum absolute atomic E-state index is 12.9. The average molecular weight is 413 g/mol. The van der Waals surface area contributed by atoms with Crippen molar-refractivity contribution in [3.63, 3.8) is 0 Å². The van der Waals surface area contributed by atoms with Crippen molar-refractivity contribution < 1.29 is 9.53 Å². The fourth-order valence-electron chi connectivity index (χ4n) is 4.18. The first-order chi connectivity index (χ1) is 13.6. The molecule has 152 valence electrons. The van der Waals surface area contributed by atoms with Gasteiger partial charge in [0.15, 0.2) is 5.13 Å². The minimum atomic E-state index is -0.342. The number of hydrogen-bond acceptors (Lipinski definition) is 6. The number of H-pyrrole nitrogens is 1. The van der Waals surface area contributed by atoms with Crippen LogP contribution in [0, 0.1) is 5.92 Å². The Kier molecular flexibility index (Phi) is 4.78. The molecule has 3 aromatic rings. The van der Waals surface area contributed by atoms with Crippen LogP contribution in [0.4, 0.5) is 5.13 Å². The van der Waals surface area contributed by atoms with Gasteiger partial charge in [0.1, 0.15) is 0 Å². The van der Waals surface area contributed by atoms with E-state index in [0.29, 0.717) is 28.9 Å². The smallest absolute Gasteiger partial charge is 0.229 e. The summed E-state index contributed by atoms with van der Waals surface area (Å²) in [6.07, 6.45) is 4.32. The zero-order valence-electron chi connectivity index (χ0n) is 16.9. The number of amides is 1. The molecular weight excluding hydrogens is 388 g/mol. The molecule has 1 fully saturated rings. The number of nitrogens with zero attached hydrogens (tertiary/aromatic N) is 2. The van der Waals surface area contributed by atoms with E-state index in [1.54, 1.807) is 6.20 Å². The normalized spacial score (nSPS) is 18.6. The van der Waals surface area contributed by atoms with Crippen molar-refractivity contribution in [3.05, 3.63) is 40.8 Å². The Balaban J connectivity index is 1.53. The molecule has 1 aliphatic heterocycles. The molecule has 0 aliphatic carbocycles. The van der Waals surface area contributed by atoms with Crippen LogP contribution in [0.2, 0.25) is 0 Å². The summed E-state index contributed by atoms with van der Waals surface area (Å²) in [5.41, 5.74) is 0.739. The highest BCUT2D eigenvalue weighted by atomic mass is 32.1. The van der Waals surface area contributed by atoms with E-state index in [9.17, 15) is 9.59 Å². The standard InChI is InChI=1S/C21H24N4O3S/c1-20(2)8-13(9-21(3,4)28-20)18(27)24-19-22-11-17(29-19)12-5-6-15-14(7-12)16(26)10-23-25-15/h5-7,10-11,13H,8-9H2,1-4H3,(H,25,26)(H,22,24,27). The Bertz CT molecular complexity index is 1120. The molecule has 0 unspecified atom stereocenters. The second-order valence-corrected chi connectivity index (χ2v) is 9.77. The summed E-state index contributed by atoms with van der Waals surface area (Å²) in [7, 11) is 0. The highest BCUT2D eigenvalue weighted by Crippen LogP contribution is 2.39. The fourth-order valence-corrected chi connectivity index (χ4v) is 4.99. The number of rotatable bonds is 3. The topological polar surface area (TPSA) is 97.0 Å². The number of carbonyl (C=O) groups is 1. The summed E-state index contributed by atoms with van der Waals surface area (Å²) in [5, 5.41) is 10.7. The van der Waals surface area contributed by atoms with Crippen LogP contribution in [0.15, 0.2) is 35.4 Å². The van der Waals surface area contributed by atoms with Crippen molar-refractivity contribution >= 4 is 33.3 Å². The van der Waals surface area contributed by atoms with Gasteiger partial charge in [0.05, 0.1) is 27.8 Å². The van der Waals surface area contributed by atoms with Crippen LogP contribution in [0.1, 0.15) is 40.5 Å². The van der Waals surface area contributed by atoms with Crippen molar-refractivity contribution in [1.29, 1.82) is 0 Å². The number of hydrogen-bond donors (Lipinski definition) is 2. The lowest BCUT2D eigenvalue weighted by Gasteiger charge is -2.44. The van der Waals surface area contributed by atoms with Crippen molar-refractivity contribution in [1.82, 2.24) is 15.2 Å². The fraction of sp³-hybridized carbons (Fsp3) is 0.429. The molecule has 3 heterocycles. The molecule has 8 heteroatoms. The van der Waals surface area contributed by atoms with E-state index >= 15 is 0 Å². The number of anilines is 1. The summed E-state index contributed by atoms with van der Waals surface area (Å²) >= 11 is 1.39. The molecule has 2 aromatic heterocycles. The zero-order valence-corrected chi connectivity index (χ0v) is 17.7. The molecular formula is C21H24N4O3S. The van der Waals surface area contributed by atoms with Crippen LogP contribution < -0.4 is 10.7 Å². The number of ether oxygens (including phenoxy) is 1. The number of aromatic amines is 1. The van der Waals surface area contributed by atoms with Crippen LogP contribution in [0.25, 0.3) is 21.3 Å². The maximum Gasteiger partial charge on any atom is 0.229 e. The summed E-state index contributed by atoms with van der Waals surface area (Å²) < 4.78 is 6.07. The molecule has 0 spiro atoms. The molecule has 0 bridgehead atoms. The van der Waals surface area contributed by atoms with Gasteiger partial charge in [-0.25, -0.2) is 4.98 Å². The first kappa shape index (κ1) is 19.7. The van der Waals surface area contributed by atoms with Crippen molar-refractivity contribution in [3.8, 4) is 10.4 Å². The summed E-state index contributed by atoms with van der Waals surface area (Å²) in [5.74, 6) is -0.163. The number of aromatic nitrogens is 3. The van der Waals surface area contributed by atoms with Gasteiger partial charge in [-0.1, -0.05) is 17.4 Å². The van der Waals surface area contributed by atoms with Gasteiger partial charge in [-0.3, -0.25) is 14.7 Å². The molecule has 2 N–H and O–H groups in total. The number of thiazole rings is 1. The van der Waals surface area contributed by atoms with Crippen LogP contribution in [-0.2, 0) is 9.53 Å². The monoisotopic (exact) mass is 412 g/mol. The zero-order chi connectivity index (χ0) is 20.8. The lowest BCUT2D eigenvalue weighted by molar-refractivity contribution is -0.176. The molecule has 1 saturated heterocycles. The van der Waals surface area contributed by atoms with Gasteiger partial charge < -0.3 is 10.1 Å². The van der Waals surface area contributed by atoms with E-state index in [-0.39, 0.29) is 28.5 Å². The predicted octanol–water partition coefficient (Wildman–Crippen LogP) is 3.97. The summed E-state index contributed by atoms with van der Waals surface area (Å²) in [4.78, 5) is 30.1. The molecule has 1 aliphatic rings. The first-order valence-corrected chi connectivity index (χ1v) is 10.4. The van der Waals surface area contributed by atoms with Gasteiger partial charge in [0.25, 0.3) is 0 Å². The molecule has 0 saturated carbocycles. The summed E-state index contributed by atoms with van der Waals surface area (Å²) in [6.45, 7) is 8.08. The average Bonchev–Trinajstić information content (AvgIpc) is 3.07. The Labute approximate surface area is 172 Å². The SMILES string of the molecule is CC1(C)CC(C(=O)Nc2ncc(-c3ccc4[nH]ncc(=O)c4c3)s2)CC(C)(C)O1. The van der Waals surface area contributed by atoms with Gasteiger partial charge in [-0.05, 0) is 58.2 Å². The first-order valence-electron chi connectivity index (χ1n) is 9.57. The van der Waals surface area contributed by atoms with Crippen molar-refractivity contribution in [2.24, 2.45) is 5.92 Å². The van der Waals surface area contributed by atoms with Crippen LogP contribution in [0.3, 0.4) is 0 Å². The van der Waals surface area contributed by atoms with Gasteiger partial charge in [0, 0.05) is 17.5 Å². The van der Waals surface area contributed by atoms with E-state index in [0.717, 1.165) is 10.4 Å². The third kappa shape index (κ3) is 4.23. The molecule has 7 nitrogen and oxygen atoms in total. The van der Waals surface area contributed by atoms with Gasteiger partial charge in [-0.15, -0.1) is 0 Å². The molecule has 1 aromatic carbocycles. The van der Waals surface area contributed by atoms with Gasteiger partial charge >= 0.3 is 0 Å². The second-order valence-electron chi connectivity index (χ2n) is 8.74. The van der Waals surface area contributed by atoms with E-state index in [2.05, 4.69) is 20.5 Å². The highest BCUT2D eigenvalue weighted by molar-refractivity contribution is 7.19. The second kappa shape index (κ2) is 7.03. The molecule has 4 rings (SSSR count). The predicted molar refractivity (Wildman–Crippen MR) is 114 cm³/mol. The van der Waals surface area contributed by atoms with Crippen molar-refractivity contribution in [2.45, 2.75) is 51.7 Å². The van der Waals surface area contributed by atoms with Crippen LogP contribution in [0.5, 0.6) is 0 Å². The highest BCUT2D eigenvalue weighted by Gasteiger charge is 2.42. The lowest BCUT2D eigenvalue weighted by atomic mass is 9.80. The molecule has 29 heavy (non-hydrogen) atoms. The van der Waals surface area contributed by atoms with Crippen LogP contribution >= 0.6 is 11.3 Å². The largest absolute Gasteiger partial charge is 0.370 e. The van der Waals surface area contributed by atoms with Gasteiger partial charge in [0.2, 0.25) is 11.3 Å². The molecule has 0 radical (unpaired) electrons. The third-order valence-electron chi connectivity index (χ3n) is 5.07. The summed E-state index contributed by atoms with van der Waals surface area (Å²) in [6, 6.07) is 5.55. The Hall–Kier alpha value is -2.58. The number of carbonyl (C=O) groups excluding carboxylic acids is 1. The maximum atomic E-state index is 12.9. The van der Waals surface area contributed by atoms with E-state index < -0.39 is 0 Å². The number of benzene rings is 1. The minimum Gasteiger partial charge on any atom is -0.370 e. The number of nitrogens with one attached hydrogen (secondary N) is 2. The molecule has 1 amide bonds. The van der Waals surface area contributed by atoms with E-state index in [1.165, 1.54) is 17.5 Å². The minimum absolute atomic E-state index is 0.0311. The lowest BCUT2D eigenvalue weighted by Crippen LogP contribution is -2.48. The van der Waals surface area contributed by atoms with E-state index in [4.69, 9.17) is 4.74 Å². The Morgan fingerprint density at radius 2 is 1.93 bits per heavy atom. The van der Waals surface area contributed by atoms with Gasteiger partial charge in [-0.2, -0.15) is 5.10 Å². The van der Waals surface area contributed by atoms with Crippen LogP contribution in [-0.4, -0.2) is 32.3 Å². The number of fused-ring (bicyclic) bond motifs is 1. The third-order valence-corrected chi connectivity index (χ3v) is 6.03. The van der Waals surface area contributed by atoms with E-state index in [1.807, 2.05) is 45.9 Å². The van der Waals surface area contributed by atoms with Crippen molar-refractivity contribution in [2.75, 3.05) is 5.32 Å². The quantitative estimate of drug-likeness (QED) is 0.678.